The molecule has 0 aliphatic carbocycles. The van der Waals surface area contributed by atoms with Crippen LogP contribution in [0.2, 0.25) is 0 Å². The summed E-state index contributed by atoms with van der Waals surface area (Å²) in [6.07, 6.45) is 0. The molecule has 0 bridgehead atoms. The van der Waals surface area contributed by atoms with Crippen molar-refractivity contribution in [2.75, 3.05) is 0 Å². The quantitative estimate of drug-likeness (QED) is 0.149. The largest absolute Gasteiger partial charge is 0.486 e. The SMILES string of the molecule is [N-]=[N+]=NO[Si]. The van der Waals surface area contributed by atoms with E-state index >= 15 is 0 Å². The van der Waals surface area contributed by atoms with Gasteiger partial charge in [-0.1, -0.05) is 0 Å². The molecule has 5 heavy (non-hydrogen) atoms. The summed E-state index contributed by atoms with van der Waals surface area (Å²) >= 11 is 0. The summed E-state index contributed by atoms with van der Waals surface area (Å²) in [6, 6.07) is 0. The molecule has 0 aromatic heterocycles. The Kier molecular flexibility index (Phi) is 2.88. The number of hydrogen-bond acceptors (Lipinski definition) is 2. The maximum Gasteiger partial charge on any atom is 0.354 e. The summed E-state index contributed by atoms with van der Waals surface area (Å²) in [4.78, 5) is 2.21. The molecule has 3 radical (unpaired) electrons. The van der Waals surface area contributed by atoms with Crippen LogP contribution in [0.3, 0.4) is 0 Å². The third kappa shape index (κ3) is 3.33. The molecule has 5 heteroatoms. The first kappa shape index (κ1) is 4.33. The highest BCUT2D eigenvalue weighted by molar-refractivity contribution is 5.97. The van der Waals surface area contributed by atoms with Gasteiger partial charge in [0.05, 0.1) is 5.28 Å². The molecule has 0 unspecified atom stereocenters. The first-order valence-electron chi connectivity index (χ1n) is 0.787. The lowest BCUT2D eigenvalue weighted by molar-refractivity contribution is 0.368. The van der Waals surface area contributed by atoms with Crippen LogP contribution in [0.25, 0.3) is 10.4 Å². The molecule has 0 spiro atoms. The number of rotatable bonds is 1. The fourth-order valence-electron chi connectivity index (χ4n) is 0.0183. The standard InChI is InChI=1S/N3OSi/c1-2-3-4-5. The molecule has 4 nitrogen and oxygen atoms in total. The topological polar surface area (TPSA) is 58.0 Å². The Balaban J connectivity index is 2.93. The lowest BCUT2D eigenvalue weighted by Crippen LogP contribution is -1.58. The van der Waals surface area contributed by atoms with E-state index < -0.39 is 0 Å². The monoisotopic (exact) mass is 86.0 g/mol. The van der Waals surface area contributed by atoms with Gasteiger partial charge in [0.15, 0.2) is 0 Å². The zero-order valence-corrected chi connectivity index (χ0v) is 3.25. The van der Waals surface area contributed by atoms with Gasteiger partial charge in [-0.25, -0.2) is 0 Å². The Labute approximate surface area is 31.9 Å². The highest BCUT2D eigenvalue weighted by Gasteiger charge is 1.48. The Bertz CT molecular complexity index is 53.9. The van der Waals surface area contributed by atoms with Gasteiger partial charge in [0.2, 0.25) is 0 Å². The van der Waals surface area contributed by atoms with Crippen molar-refractivity contribution in [3.63, 3.8) is 0 Å². The molecule has 0 aliphatic rings. The second kappa shape index (κ2) is 3.33. The predicted octanol–water partition coefficient (Wildman–Crippen LogP) is 0.312. The second-order valence-electron chi connectivity index (χ2n) is 0.262. The lowest BCUT2D eigenvalue weighted by atomic mass is 12.9. The summed E-state index contributed by atoms with van der Waals surface area (Å²) in [5.41, 5.74) is 7.37. The van der Waals surface area contributed by atoms with E-state index in [2.05, 4.69) is 25.2 Å². The molecule has 0 saturated carbocycles. The van der Waals surface area contributed by atoms with Gasteiger partial charge >= 0.3 is 10.5 Å². The van der Waals surface area contributed by atoms with Crippen molar-refractivity contribution < 1.29 is 4.53 Å². The van der Waals surface area contributed by atoms with Crippen LogP contribution in [0.4, 0.5) is 0 Å². The van der Waals surface area contributed by atoms with Crippen LogP contribution in [0, 0.1) is 0 Å². The van der Waals surface area contributed by atoms with Gasteiger partial charge in [-0.2, -0.15) is 0 Å². The first-order chi connectivity index (χ1) is 2.41. The minimum Gasteiger partial charge on any atom is -0.486 e. The molecule has 0 aromatic carbocycles. The van der Waals surface area contributed by atoms with E-state index in [1.807, 2.05) is 0 Å². The number of nitrogens with zero attached hydrogens (tertiary/aromatic N) is 3. The average Bonchev–Trinajstić information content (AvgIpc) is 1.41. The van der Waals surface area contributed by atoms with Crippen molar-refractivity contribution in [3.8, 4) is 0 Å². The molecule has 0 aromatic rings. The van der Waals surface area contributed by atoms with E-state index in [9.17, 15) is 0 Å². The molecule has 0 heterocycles. The highest BCUT2D eigenvalue weighted by atomic mass is 28.2. The molecule has 25 valence electrons. The lowest BCUT2D eigenvalue weighted by Gasteiger charge is -1.68. The van der Waals surface area contributed by atoms with Crippen molar-refractivity contribution in [1.82, 2.24) is 0 Å². The fraction of sp³-hybridized carbons (Fsp3) is 0. The van der Waals surface area contributed by atoms with Crippen LogP contribution < -0.4 is 0 Å². The van der Waals surface area contributed by atoms with Gasteiger partial charge < -0.3 is 4.53 Å². The van der Waals surface area contributed by atoms with Crippen molar-refractivity contribution >= 4 is 10.5 Å². The Hall–Kier alpha value is -0.673. The van der Waals surface area contributed by atoms with Crippen molar-refractivity contribution in [2.45, 2.75) is 0 Å². The zero-order chi connectivity index (χ0) is 4.12. The zero-order valence-electron chi connectivity index (χ0n) is 2.25. The van der Waals surface area contributed by atoms with Crippen LogP contribution in [0.1, 0.15) is 0 Å². The van der Waals surface area contributed by atoms with E-state index in [0.717, 1.165) is 0 Å². The van der Waals surface area contributed by atoms with E-state index in [0.29, 0.717) is 0 Å². The summed E-state index contributed by atoms with van der Waals surface area (Å²) in [6.45, 7) is 0. The van der Waals surface area contributed by atoms with E-state index in [-0.39, 0.29) is 0 Å². The van der Waals surface area contributed by atoms with Gasteiger partial charge in [0.25, 0.3) is 0 Å². The van der Waals surface area contributed by atoms with Crippen LogP contribution in [-0.2, 0) is 4.53 Å². The maximum atomic E-state index is 7.37. The fourth-order valence-corrected chi connectivity index (χ4v) is 0.0548. The van der Waals surface area contributed by atoms with Crippen LogP contribution >= 0.6 is 0 Å². The van der Waals surface area contributed by atoms with Gasteiger partial charge in [0.1, 0.15) is 0 Å². The maximum absolute atomic E-state index is 7.37. The molecule has 0 saturated heterocycles. The van der Waals surface area contributed by atoms with E-state index in [1.54, 1.807) is 0 Å². The molecule has 0 rings (SSSR count). The summed E-state index contributed by atoms with van der Waals surface area (Å²) in [5.74, 6) is 0. The van der Waals surface area contributed by atoms with Crippen LogP contribution in [-0.4, -0.2) is 10.5 Å². The minimum atomic E-state index is 2.21. The normalized spacial score (nSPS) is 5.00. The van der Waals surface area contributed by atoms with E-state index in [4.69, 9.17) is 5.53 Å². The Morgan fingerprint density at radius 3 is 2.60 bits per heavy atom. The van der Waals surface area contributed by atoms with Gasteiger partial charge in [-0.3, -0.25) is 0 Å². The average molecular weight is 86.1 g/mol. The van der Waals surface area contributed by atoms with Crippen LogP contribution in [0.15, 0.2) is 5.28 Å². The van der Waals surface area contributed by atoms with Crippen molar-refractivity contribution in [2.24, 2.45) is 5.28 Å². The number of hydrogen-bond donors (Lipinski definition) is 0. The first-order valence-corrected chi connectivity index (χ1v) is 1.19. The third-order valence-corrected chi connectivity index (χ3v) is 0.159. The van der Waals surface area contributed by atoms with Gasteiger partial charge in [-0.15, -0.1) is 0 Å². The molecule has 0 N–H and O–H groups in total. The molecule has 0 atom stereocenters. The Morgan fingerprint density at radius 1 is 2.00 bits per heavy atom. The van der Waals surface area contributed by atoms with Crippen molar-refractivity contribution in [1.29, 1.82) is 0 Å². The summed E-state index contributed by atoms with van der Waals surface area (Å²) in [7, 11) is 2.43. The molecule has 0 aliphatic heterocycles. The van der Waals surface area contributed by atoms with E-state index in [1.165, 1.54) is 0 Å². The van der Waals surface area contributed by atoms with Gasteiger partial charge in [0, 0.05) is 4.91 Å². The molecular weight excluding hydrogens is 86.1 g/mol. The summed E-state index contributed by atoms with van der Waals surface area (Å²) < 4.78 is 3.70. The molecular formula is N3OSi. The smallest absolute Gasteiger partial charge is 0.354 e. The third-order valence-electron chi connectivity index (χ3n) is 0.0773. The molecule has 0 amide bonds. The van der Waals surface area contributed by atoms with Crippen molar-refractivity contribution in [3.05, 3.63) is 10.4 Å². The Morgan fingerprint density at radius 2 is 2.60 bits per heavy atom. The number of azide groups is 1. The van der Waals surface area contributed by atoms with Crippen LogP contribution in [0.5, 0.6) is 0 Å². The summed E-state index contributed by atoms with van der Waals surface area (Å²) in [5, 5.41) is 2.57. The predicted molar refractivity (Wildman–Crippen MR) is 16.0 cm³/mol. The minimum absolute atomic E-state index is 2.21. The highest BCUT2D eigenvalue weighted by Crippen LogP contribution is 1.59. The van der Waals surface area contributed by atoms with Gasteiger partial charge in [-0.05, 0) is 5.53 Å². The molecule has 0 fully saturated rings. The second-order valence-corrected chi connectivity index (χ2v) is 0.445.